The van der Waals surface area contributed by atoms with Gasteiger partial charge in [0.2, 0.25) is 5.82 Å². The Labute approximate surface area is 141 Å². The van der Waals surface area contributed by atoms with Crippen LogP contribution < -0.4 is 15.5 Å². The van der Waals surface area contributed by atoms with E-state index in [9.17, 15) is 10.1 Å². The first-order chi connectivity index (χ1) is 10.7. The topological polar surface area (TPSA) is 83.3 Å². The largest absolute Gasteiger partial charge is 0.367 e. The first-order valence-corrected chi connectivity index (χ1v) is 8.14. The van der Waals surface area contributed by atoms with E-state index in [0.717, 1.165) is 19.4 Å². The summed E-state index contributed by atoms with van der Waals surface area (Å²) >= 11 is 6.05. The fourth-order valence-corrected chi connectivity index (χ4v) is 3.20. The lowest BCUT2D eigenvalue weighted by molar-refractivity contribution is -0.383. The van der Waals surface area contributed by atoms with Crippen molar-refractivity contribution in [2.45, 2.75) is 45.2 Å². The Hall–Kier alpha value is -1.60. The number of pyridine rings is 1. The second kappa shape index (κ2) is 6.88. The van der Waals surface area contributed by atoms with Crippen molar-refractivity contribution in [3.8, 4) is 0 Å². The number of nitro groups is 1. The molecule has 1 aromatic heterocycles. The zero-order valence-electron chi connectivity index (χ0n) is 14.0. The smallest absolute Gasteiger partial charge is 0.334 e. The molecule has 128 valence electrons. The van der Waals surface area contributed by atoms with Gasteiger partial charge in [0.25, 0.3) is 0 Å². The van der Waals surface area contributed by atoms with Gasteiger partial charge in [0.05, 0.1) is 4.92 Å². The number of nitrogens with zero attached hydrogens (tertiary/aromatic N) is 3. The minimum Gasteiger partial charge on any atom is -0.367 e. The number of halogens is 1. The molecule has 1 fully saturated rings. The Kier molecular flexibility index (Phi) is 5.31. The number of aromatic nitrogens is 1. The van der Waals surface area contributed by atoms with Crippen molar-refractivity contribution in [1.29, 1.82) is 0 Å². The van der Waals surface area contributed by atoms with Crippen molar-refractivity contribution < 1.29 is 4.92 Å². The molecule has 1 aliphatic heterocycles. The molecule has 0 aliphatic carbocycles. The van der Waals surface area contributed by atoms with Gasteiger partial charge in [0.1, 0.15) is 10.8 Å². The first kappa shape index (κ1) is 17.7. The Morgan fingerprint density at radius 2 is 2.17 bits per heavy atom. The van der Waals surface area contributed by atoms with Gasteiger partial charge in [0.15, 0.2) is 0 Å². The molecule has 0 saturated carbocycles. The van der Waals surface area contributed by atoms with E-state index in [1.165, 1.54) is 0 Å². The maximum atomic E-state index is 11.5. The summed E-state index contributed by atoms with van der Waals surface area (Å²) in [4.78, 5) is 17.2. The van der Waals surface area contributed by atoms with Crippen LogP contribution in [0.5, 0.6) is 0 Å². The van der Waals surface area contributed by atoms with Crippen LogP contribution in [0.4, 0.5) is 17.2 Å². The van der Waals surface area contributed by atoms with E-state index in [0.29, 0.717) is 12.2 Å². The maximum absolute atomic E-state index is 11.5. The molecule has 2 N–H and O–H groups in total. The lowest BCUT2D eigenvalue weighted by Gasteiger charge is -2.38. The fraction of sp³-hybridized carbons (Fsp3) is 0.667. The molecule has 23 heavy (non-hydrogen) atoms. The number of anilines is 2. The van der Waals surface area contributed by atoms with Crippen molar-refractivity contribution in [3.63, 3.8) is 0 Å². The summed E-state index contributed by atoms with van der Waals surface area (Å²) in [6, 6.07) is 1.87. The number of piperidine rings is 1. The number of rotatable bonds is 4. The second-order valence-electron chi connectivity index (χ2n) is 6.85. The fourth-order valence-electron chi connectivity index (χ4n) is 3.02. The minimum absolute atomic E-state index is 0.00559. The quantitative estimate of drug-likeness (QED) is 0.497. The van der Waals surface area contributed by atoms with Crippen LogP contribution in [0.15, 0.2) is 6.07 Å². The van der Waals surface area contributed by atoms with Crippen LogP contribution in [-0.4, -0.2) is 41.6 Å². The van der Waals surface area contributed by atoms with Gasteiger partial charge in [-0.05, 0) is 33.6 Å². The van der Waals surface area contributed by atoms with Crippen molar-refractivity contribution in [2.24, 2.45) is 0 Å². The third kappa shape index (κ3) is 4.45. The van der Waals surface area contributed by atoms with Crippen LogP contribution >= 0.6 is 11.6 Å². The molecule has 1 aromatic rings. The van der Waals surface area contributed by atoms with Gasteiger partial charge in [-0.15, -0.1) is 0 Å². The molecule has 0 bridgehead atoms. The van der Waals surface area contributed by atoms with Crippen LogP contribution in [0.3, 0.4) is 0 Å². The SMILES string of the molecule is CNc1nc(Cl)cc(N2CCCC(NC(C)(C)C)C2)c1[N+](=O)[O-]. The molecule has 0 spiro atoms. The highest BCUT2D eigenvalue weighted by Gasteiger charge is 2.30. The molecule has 8 heteroatoms. The predicted octanol–water partition coefficient (Wildman–Crippen LogP) is 3.04. The summed E-state index contributed by atoms with van der Waals surface area (Å²) in [6.45, 7) is 7.85. The van der Waals surface area contributed by atoms with E-state index in [1.807, 2.05) is 4.90 Å². The molecule has 2 heterocycles. The van der Waals surface area contributed by atoms with E-state index in [-0.39, 0.29) is 28.2 Å². The normalized spacial score (nSPS) is 18.8. The summed E-state index contributed by atoms with van der Waals surface area (Å²) in [6.07, 6.45) is 2.03. The van der Waals surface area contributed by atoms with E-state index < -0.39 is 4.92 Å². The number of nitrogens with one attached hydrogen (secondary N) is 2. The summed E-state index contributed by atoms with van der Waals surface area (Å²) in [5, 5.41) is 18.1. The minimum atomic E-state index is -0.398. The van der Waals surface area contributed by atoms with Gasteiger partial charge < -0.3 is 15.5 Å². The average Bonchev–Trinajstić information content (AvgIpc) is 2.44. The third-order valence-electron chi connectivity index (χ3n) is 3.76. The molecule has 1 saturated heterocycles. The van der Waals surface area contributed by atoms with Gasteiger partial charge in [0, 0.05) is 37.8 Å². The molecule has 2 rings (SSSR count). The Morgan fingerprint density at radius 1 is 1.48 bits per heavy atom. The van der Waals surface area contributed by atoms with E-state index >= 15 is 0 Å². The number of hydrogen-bond acceptors (Lipinski definition) is 6. The Bertz CT molecular complexity index is 588. The summed E-state index contributed by atoms with van der Waals surface area (Å²) in [5.41, 5.74) is 0.513. The van der Waals surface area contributed by atoms with Crippen LogP contribution in [0, 0.1) is 10.1 Å². The monoisotopic (exact) mass is 341 g/mol. The Morgan fingerprint density at radius 3 is 2.74 bits per heavy atom. The summed E-state index contributed by atoms with van der Waals surface area (Å²) < 4.78 is 0. The molecule has 7 nitrogen and oxygen atoms in total. The highest BCUT2D eigenvalue weighted by atomic mass is 35.5. The van der Waals surface area contributed by atoms with Gasteiger partial charge in [-0.1, -0.05) is 11.6 Å². The van der Waals surface area contributed by atoms with Crippen LogP contribution in [0.2, 0.25) is 5.15 Å². The molecular weight excluding hydrogens is 318 g/mol. The molecule has 1 atom stereocenters. The Balaban J connectivity index is 2.33. The zero-order valence-corrected chi connectivity index (χ0v) is 14.8. The highest BCUT2D eigenvalue weighted by molar-refractivity contribution is 6.30. The van der Waals surface area contributed by atoms with E-state index in [2.05, 4.69) is 36.4 Å². The molecular formula is C15H24ClN5O2. The number of hydrogen-bond donors (Lipinski definition) is 2. The zero-order chi connectivity index (χ0) is 17.2. The van der Waals surface area contributed by atoms with Crippen LogP contribution in [0.1, 0.15) is 33.6 Å². The average molecular weight is 342 g/mol. The van der Waals surface area contributed by atoms with Crippen molar-refractivity contribution in [3.05, 3.63) is 21.3 Å². The second-order valence-corrected chi connectivity index (χ2v) is 7.24. The maximum Gasteiger partial charge on any atom is 0.334 e. The van der Waals surface area contributed by atoms with E-state index in [1.54, 1.807) is 13.1 Å². The van der Waals surface area contributed by atoms with Gasteiger partial charge in [-0.3, -0.25) is 10.1 Å². The predicted molar refractivity (Wildman–Crippen MR) is 93.6 cm³/mol. The highest BCUT2D eigenvalue weighted by Crippen LogP contribution is 2.37. The lowest BCUT2D eigenvalue weighted by atomic mass is 10.0. The standard InChI is InChI=1S/C15H24ClN5O2/c1-15(2,3)19-10-6-5-7-20(9-10)11-8-12(16)18-14(17-4)13(11)21(22)23/h8,10,19H,5-7,9H2,1-4H3,(H,17,18). The molecule has 0 amide bonds. The van der Waals surface area contributed by atoms with E-state index in [4.69, 9.17) is 11.6 Å². The molecule has 1 aliphatic rings. The van der Waals surface area contributed by atoms with Crippen LogP contribution in [0.25, 0.3) is 0 Å². The molecule has 0 aromatic carbocycles. The van der Waals surface area contributed by atoms with Crippen LogP contribution in [-0.2, 0) is 0 Å². The molecule has 1 unspecified atom stereocenters. The first-order valence-electron chi connectivity index (χ1n) is 7.76. The van der Waals surface area contributed by atoms with Gasteiger partial charge >= 0.3 is 5.69 Å². The molecule has 0 radical (unpaired) electrons. The van der Waals surface area contributed by atoms with Gasteiger partial charge in [-0.2, -0.15) is 0 Å². The third-order valence-corrected chi connectivity index (χ3v) is 3.95. The van der Waals surface area contributed by atoms with Crippen molar-refractivity contribution >= 4 is 28.8 Å². The lowest BCUT2D eigenvalue weighted by Crippen LogP contribution is -2.52. The van der Waals surface area contributed by atoms with Crippen molar-refractivity contribution in [1.82, 2.24) is 10.3 Å². The van der Waals surface area contributed by atoms with Crippen molar-refractivity contribution in [2.75, 3.05) is 30.4 Å². The summed E-state index contributed by atoms with van der Waals surface area (Å²) in [7, 11) is 1.61. The summed E-state index contributed by atoms with van der Waals surface area (Å²) in [5.74, 6) is 0.198. The van der Waals surface area contributed by atoms with Gasteiger partial charge in [-0.25, -0.2) is 4.98 Å².